The van der Waals surface area contributed by atoms with Crippen LogP contribution in [0.2, 0.25) is 5.02 Å². The van der Waals surface area contributed by atoms with E-state index in [0.717, 1.165) is 11.1 Å². The fourth-order valence-electron chi connectivity index (χ4n) is 4.24. The first-order valence-electron chi connectivity index (χ1n) is 11.2. The minimum absolute atomic E-state index is 0.166. The Hall–Kier alpha value is -4.17. The Balaban J connectivity index is 1.58. The van der Waals surface area contributed by atoms with E-state index in [2.05, 4.69) is 10.3 Å². The number of hydrogen-bond acceptors (Lipinski definition) is 4. The van der Waals surface area contributed by atoms with E-state index in [1.807, 2.05) is 37.3 Å². The number of carbonyl (C=O) groups is 1. The van der Waals surface area contributed by atoms with E-state index >= 15 is 0 Å². The van der Waals surface area contributed by atoms with Gasteiger partial charge in [-0.2, -0.15) is 0 Å². The van der Waals surface area contributed by atoms with Crippen LogP contribution in [0.15, 0.2) is 71.8 Å². The zero-order valence-electron chi connectivity index (χ0n) is 19.6. The molecule has 0 fully saturated rings. The molecular weight excluding hydrogens is 483 g/mol. The molecule has 0 spiro atoms. The number of hydrogen-bond donors (Lipinski definition) is 1. The number of aromatic nitrogens is 3. The maximum Gasteiger partial charge on any atom is 0.278 e. The van der Waals surface area contributed by atoms with E-state index < -0.39 is 5.82 Å². The number of rotatable bonds is 6. The third kappa shape index (κ3) is 4.43. The first-order chi connectivity index (χ1) is 17.3. The number of halogens is 2. The van der Waals surface area contributed by atoms with E-state index in [4.69, 9.17) is 16.3 Å². The summed E-state index contributed by atoms with van der Waals surface area (Å²) < 4.78 is 22.4. The van der Waals surface area contributed by atoms with Crippen molar-refractivity contribution in [2.24, 2.45) is 0 Å². The average Bonchev–Trinajstić information content (AvgIpc) is 3.16. The molecule has 0 atom stereocenters. The summed E-state index contributed by atoms with van der Waals surface area (Å²) in [6.45, 7) is 1.97. The van der Waals surface area contributed by atoms with Gasteiger partial charge >= 0.3 is 0 Å². The number of benzene rings is 3. The third-order valence-electron chi connectivity index (χ3n) is 6.08. The molecular formula is C27H22ClFN4O3. The number of ether oxygens (including phenoxy) is 1. The van der Waals surface area contributed by atoms with Crippen molar-refractivity contribution in [3.05, 3.63) is 99.3 Å². The summed E-state index contributed by atoms with van der Waals surface area (Å²) in [5, 5.41) is 3.81. The summed E-state index contributed by atoms with van der Waals surface area (Å²) in [6.07, 6.45) is 1.44. The van der Waals surface area contributed by atoms with Crippen molar-refractivity contribution in [1.82, 2.24) is 14.1 Å². The summed E-state index contributed by atoms with van der Waals surface area (Å²) in [6, 6.07) is 16.7. The molecule has 2 heterocycles. The molecule has 3 aromatic carbocycles. The van der Waals surface area contributed by atoms with Gasteiger partial charge in [0, 0.05) is 16.1 Å². The van der Waals surface area contributed by atoms with Gasteiger partial charge in [0.2, 0.25) is 5.91 Å². The smallest absolute Gasteiger partial charge is 0.278 e. The Morgan fingerprint density at radius 3 is 2.64 bits per heavy atom. The molecule has 0 unspecified atom stereocenters. The lowest BCUT2D eigenvalue weighted by Gasteiger charge is -2.12. The zero-order chi connectivity index (χ0) is 25.4. The number of carbonyl (C=O) groups excluding carboxylic acids is 1. The van der Waals surface area contributed by atoms with E-state index in [9.17, 15) is 14.0 Å². The predicted molar refractivity (Wildman–Crippen MR) is 138 cm³/mol. The van der Waals surface area contributed by atoms with Gasteiger partial charge in [-0.15, -0.1) is 0 Å². The standard InChI is InChI=1S/C27H22ClFN4O3/c1-16-3-6-18(28)11-22(16)31-24(34)14-33-23-10-7-19(29)12-21(23)25-26(33)27(35)32(15-30-25)13-17-4-8-20(36-2)9-5-17/h3-12,15H,13-14H2,1-2H3,(H,31,34). The molecule has 0 saturated heterocycles. The minimum atomic E-state index is -0.454. The SMILES string of the molecule is COc1ccc(Cn2cnc3c4cc(F)ccc4n(CC(=O)Nc4cc(Cl)ccc4C)c3c2=O)cc1. The predicted octanol–water partition coefficient (Wildman–Crippen LogP) is 5.15. The molecule has 9 heteroatoms. The van der Waals surface area contributed by atoms with Gasteiger partial charge < -0.3 is 14.6 Å². The number of nitrogens with one attached hydrogen (secondary N) is 1. The van der Waals surface area contributed by atoms with E-state index in [0.29, 0.717) is 32.9 Å². The number of methoxy groups -OCH3 is 1. The van der Waals surface area contributed by atoms with Crippen molar-refractivity contribution in [2.45, 2.75) is 20.0 Å². The van der Waals surface area contributed by atoms with Crippen molar-refractivity contribution in [3.63, 3.8) is 0 Å². The van der Waals surface area contributed by atoms with Gasteiger partial charge in [0.1, 0.15) is 29.1 Å². The van der Waals surface area contributed by atoms with E-state index in [1.54, 1.807) is 29.9 Å². The van der Waals surface area contributed by atoms with Crippen LogP contribution in [-0.2, 0) is 17.9 Å². The molecule has 7 nitrogen and oxygen atoms in total. The molecule has 182 valence electrons. The summed E-state index contributed by atoms with van der Waals surface area (Å²) in [4.78, 5) is 31.1. The summed E-state index contributed by atoms with van der Waals surface area (Å²) in [5.41, 5.74) is 3.07. The van der Waals surface area contributed by atoms with Gasteiger partial charge in [-0.3, -0.25) is 14.2 Å². The van der Waals surface area contributed by atoms with Crippen molar-refractivity contribution >= 4 is 45.1 Å². The fraction of sp³-hybridized carbons (Fsp3) is 0.148. The molecule has 0 saturated carbocycles. The summed E-state index contributed by atoms with van der Waals surface area (Å²) in [7, 11) is 1.59. The van der Waals surface area contributed by atoms with Crippen molar-refractivity contribution in [1.29, 1.82) is 0 Å². The molecule has 0 radical (unpaired) electrons. The number of amides is 1. The van der Waals surface area contributed by atoms with Gasteiger partial charge in [0.15, 0.2) is 0 Å². The lowest BCUT2D eigenvalue weighted by molar-refractivity contribution is -0.116. The normalized spacial score (nSPS) is 11.2. The van der Waals surface area contributed by atoms with Crippen LogP contribution in [0.4, 0.5) is 10.1 Å². The highest BCUT2D eigenvalue weighted by Crippen LogP contribution is 2.27. The first-order valence-corrected chi connectivity index (χ1v) is 11.6. The Bertz CT molecular complexity index is 1680. The highest BCUT2D eigenvalue weighted by Gasteiger charge is 2.19. The number of nitrogens with zero attached hydrogens (tertiary/aromatic N) is 3. The van der Waals surface area contributed by atoms with Crippen molar-refractivity contribution in [2.75, 3.05) is 12.4 Å². The molecule has 0 aliphatic carbocycles. The van der Waals surface area contributed by atoms with Gasteiger partial charge in [-0.1, -0.05) is 29.8 Å². The minimum Gasteiger partial charge on any atom is -0.497 e. The number of anilines is 1. The average molecular weight is 505 g/mol. The van der Waals surface area contributed by atoms with Crippen LogP contribution in [-0.4, -0.2) is 27.1 Å². The zero-order valence-corrected chi connectivity index (χ0v) is 20.3. The van der Waals surface area contributed by atoms with Gasteiger partial charge in [-0.25, -0.2) is 9.37 Å². The number of fused-ring (bicyclic) bond motifs is 3. The third-order valence-corrected chi connectivity index (χ3v) is 6.31. The molecule has 1 N–H and O–H groups in total. The van der Waals surface area contributed by atoms with Crippen LogP contribution in [0.3, 0.4) is 0 Å². The van der Waals surface area contributed by atoms with Crippen LogP contribution in [0.25, 0.3) is 21.9 Å². The second-order valence-corrected chi connectivity index (χ2v) is 8.91. The number of aryl methyl sites for hydroxylation is 1. The lowest BCUT2D eigenvalue weighted by atomic mass is 10.2. The maximum atomic E-state index is 14.1. The van der Waals surface area contributed by atoms with Gasteiger partial charge in [0.25, 0.3) is 5.56 Å². The van der Waals surface area contributed by atoms with Crippen LogP contribution in [0, 0.1) is 12.7 Å². The summed E-state index contributed by atoms with van der Waals surface area (Å²) in [5.74, 6) is -0.0963. The molecule has 0 aliphatic heterocycles. The van der Waals surface area contributed by atoms with Crippen LogP contribution in [0.5, 0.6) is 5.75 Å². The summed E-state index contributed by atoms with van der Waals surface area (Å²) >= 11 is 6.08. The van der Waals surface area contributed by atoms with E-state index in [1.165, 1.54) is 23.0 Å². The van der Waals surface area contributed by atoms with E-state index in [-0.39, 0.29) is 30.1 Å². The van der Waals surface area contributed by atoms with Crippen LogP contribution >= 0.6 is 11.6 Å². The Morgan fingerprint density at radius 2 is 1.89 bits per heavy atom. The maximum absolute atomic E-state index is 14.1. The monoisotopic (exact) mass is 504 g/mol. The molecule has 36 heavy (non-hydrogen) atoms. The fourth-order valence-corrected chi connectivity index (χ4v) is 4.41. The molecule has 2 aromatic heterocycles. The molecule has 5 aromatic rings. The lowest BCUT2D eigenvalue weighted by Crippen LogP contribution is -2.25. The topological polar surface area (TPSA) is 78.2 Å². The Morgan fingerprint density at radius 1 is 1.11 bits per heavy atom. The molecule has 5 rings (SSSR count). The second kappa shape index (κ2) is 9.47. The second-order valence-electron chi connectivity index (χ2n) is 8.48. The Kier molecular flexibility index (Phi) is 6.20. The quantitative estimate of drug-likeness (QED) is 0.347. The first kappa shape index (κ1) is 23.6. The van der Waals surface area contributed by atoms with Crippen molar-refractivity contribution in [3.8, 4) is 5.75 Å². The highest BCUT2D eigenvalue weighted by molar-refractivity contribution is 6.31. The van der Waals surface area contributed by atoms with Crippen LogP contribution in [0.1, 0.15) is 11.1 Å². The van der Waals surface area contributed by atoms with Crippen LogP contribution < -0.4 is 15.6 Å². The van der Waals surface area contributed by atoms with Crippen molar-refractivity contribution < 1.29 is 13.9 Å². The van der Waals surface area contributed by atoms with Gasteiger partial charge in [0.05, 0.1) is 25.5 Å². The molecule has 0 bridgehead atoms. The molecule has 1 amide bonds. The molecule has 0 aliphatic rings. The van der Waals surface area contributed by atoms with Gasteiger partial charge in [-0.05, 0) is 60.5 Å². The highest BCUT2D eigenvalue weighted by atomic mass is 35.5. The largest absolute Gasteiger partial charge is 0.497 e. The Labute approximate surface area is 210 Å².